The minimum absolute atomic E-state index is 0.0384. The molecule has 1 saturated heterocycles. The van der Waals surface area contributed by atoms with Gasteiger partial charge >= 0.3 is 0 Å². The molecule has 1 fully saturated rings. The van der Waals surface area contributed by atoms with Gasteiger partial charge in [-0.15, -0.1) is 11.3 Å². The molecule has 12 heteroatoms. The van der Waals surface area contributed by atoms with Crippen LogP contribution in [0.4, 0.5) is 0 Å². The number of halogens is 2. The van der Waals surface area contributed by atoms with Crippen LogP contribution in [-0.4, -0.2) is 58.6 Å². The normalized spacial score (nSPS) is 16.3. The number of hydrogen-bond acceptors (Lipinski definition) is 6. The van der Waals surface area contributed by atoms with Crippen molar-refractivity contribution in [3.05, 3.63) is 50.5 Å². The van der Waals surface area contributed by atoms with Gasteiger partial charge in [-0.2, -0.15) is 9.29 Å². The maximum Gasteiger partial charge on any atom is 0.244 e. The first-order valence-corrected chi connectivity index (χ1v) is 12.2. The zero-order chi connectivity index (χ0) is 20.6. The average Bonchev–Trinajstić information content (AvgIpc) is 3.35. The Labute approximate surface area is 187 Å². The van der Waals surface area contributed by atoms with E-state index in [1.807, 2.05) is 17.5 Å². The van der Waals surface area contributed by atoms with E-state index in [1.54, 1.807) is 28.2 Å². The molecule has 0 atom stereocenters. The Morgan fingerprint density at radius 1 is 1.14 bits per heavy atom. The van der Waals surface area contributed by atoms with Gasteiger partial charge < -0.3 is 0 Å². The lowest BCUT2D eigenvalue weighted by Crippen LogP contribution is -2.49. The van der Waals surface area contributed by atoms with Gasteiger partial charge in [0.25, 0.3) is 0 Å². The fourth-order valence-electron chi connectivity index (χ4n) is 3.11. The molecule has 7 nitrogen and oxygen atoms in total. The Kier molecular flexibility index (Phi) is 6.12. The van der Waals surface area contributed by atoms with E-state index in [4.69, 9.17) is 35.4 Å². The van der Waals surface area contributed by atoms with Crippen molar-refractivity contribution < 1.29 is 8.42 Å². The number of H-pyrrole nitrogens is 1. The molecule has 3 aromatic rings. The van der Waals surface area contributed by atoms with Crippen LogP contribution in [0.25, 0.3) is 10.7 Å². The van der Waals surface area contributed by atoms with Crippen LogP contribution in [0.3, 0.4) is 0 Å². The number of thiophene rings is 1. The quantitative estimate of drug-likeness (QED) is 0.549. The van der Waals surface area contributed by atoms with Crippen molar-refractivity contribution in [2.24, 2.45) is 0 Å². The molecule has 29 heavy (non-hydrogen) atoms. The van der Waals surface area contributed by atoms with Crippen LogP contribution >= 0.6 is 46.8 Å². The van der Waals surface area contributed by atoms with Crippen molar-refractivity contribution in [1.82, 2.24) is 24.0 Å². The van der Waals surface area contributed by atoms with E-state index < -0.39 is 10.0 Å². The van der Waals surface area contributed by atoms with Gasteiger partial charge in [0.2, 0.25) is 14.8 Å². The molecule has 0 radical (unpaired) electrons. The van der Waals surface area contributed by atoms with Crippen molar-refractivity contribution in [2.75, 3.05) is 26.2 Å². The first-order valence-electron chi connectivity index (χ1n) is 8.73. The number of piperazine rings is 1. The van der Waals surface area contributed by atoms with E-state index in [1.165, 1.54) is 10.4 Å². The fraction of sp³-hybridized carbons (Fsp3) is 0.294. The molecule has 3 heterocycles. The summed E-state index contributed by atoms with van der Waals surface area (Å²) in [4.78, 5) is 7.58. The van der Waals surface area contributed by atoms with Crippen LogP contribution in [0.2, 0.25) is 10.0 Å². The zero-order valence-corrected chi connectivity index (χ0v) is 19.0. The number of aromatic nitrogens is 3. The second-order valence-corrected chi connectivity index (χ2v) is 10.5. The average molecular weight is 490 g/mol. The Morgan fingerprint density at radius 2 is 1.90 bits per heavy atom. The van der Waals surface area contributed by atoms with Crippen molar-refractivity contribution in [3.63, 3.8) is 0 Å². The van der Waals surface area contributed by atoms with Crippen molar-refractivity contribution >= 4 is 56.8 Å². The summed E-state index contributed by atoms with van der Waals surface area (Å²) in [6.07, 6.45) is 0. The summed E-state index contributed by atoms with van der Waals surface area (Å²) < 4.78 is 29.6. The van der Waals surface area contributed by atoms with Gasteiger partial charge in [-0.3, -0.25) is 10.00 Å². The third-order valence-electron chi connectivity index (χ3n) is 4.64. The van der Waals surface area contributed by atoms with Gasteiger partial charge in [0.1, 0.15) is 4.90 Å². The maximum atomic E-state index is 12.9. The highest BCUT2D eigenvalue weighted by Crippen LogP contribution is 2.31. The molecular formula is C17H17Cl2N5O2S3. The third-order valence-corrected chi connectivity index (χ3v) is 8.70. The lowest BCUT2D eigenvalue weighted by molar-refractivity contribution is 0.145. The van der Waals surface area contributed by atoms with Crippen molar-refractivity contribution in [3.8, 4) is 10.7 Å². The van der Waals surface area contributed by atoms with Gasteiger partial charge in [-0.25, -0.2) is 13.1 Å². The molecule has 1 aromatic carbocycles. The molecule has 0 saturated carbocycles. The first kappa shape index (κ1) is 21.0. The van der Waals surface area contributed by atoms with Crippen LogP contribution in [-0.2, 0) is 16.7 Å². The van der Waals surface area contributed by atoms with E-state index in [0.29, 0.717) is 37.6 Å². The Balaban J connectivity index is 1.44. The SMILES string of the molecule is O=S(=O)(c1cccc(Cl)c1Cl)N1CCN(Cn2[nH]c(-c3cccs3)nc2=S)CC1. The van der Waals surface area contributed by atoms with Crippen LogP contribution in [0.5, 0.6) is 0 Å². The van der Waals surface area contributed by atoms with Gasteiger partial charge in [-0.05, 0) is 35.8 Å². The van der Waals surface area contributed by atoms with Gasteiger partial charge in [0.05, 0.1) is 21.6 Å². The summed E-state index contributed by atoms with van der Waals surface area (Å²) >= 11 is 19.0. The number of nitrogens with zero attached hydrogens (tertiary/aromatic N) is 4. The van der Waals surface area contributed by atoms with Crippen LogP contribution in [0, 0.1) is 4.77 Å². The number of hydrogen-bond donors (Lipinski definition) is 1. The smallest absolute Gasteiger partial charge is 0.244 e. The van der Waals surface area contributed by atoms with Crippen molar-refractivity contribution in [1.29, 1.82) is 0 Å². The lowest BCUT2D eigenvalue weighted by atomic mass is 10.4. The number of rotatable bonds is 5. The Bertz CT molecular complexity index is 1170. The van der Waals surface area contributed by atoms with Gasteiger partial charge in [0, 0.05) is 26.2 Å². The van der Waals surface area contributed by atoms with E-state index >= 15 is 0 Å². The summed E-state index contributed by atoms with van der Waals surface area (Å²) in [5.41, 5.74) is 0. The number of benzene rings is 1. The molecule has 0 spiro atoms. The van der Waals surface area contributed by atoms with E-state index in [9.17, 15) is 8.42 Å². The number of nitrogens with one attached hydrogen (secondary N) is 1. The summed E-state index contributed by atoms with van der Waals surface area (Å²) in [5.74, 6) is 0.738. The first-order chi connectivity index (χ1) is 13.9. The zero-order valence-electron chi connectivity index (χ0n) is 15.1. The minimum Gasteiger partial charge on any atom is -0.282 e. The predicted octanol–water partition coefficient (Wildman–Crippen LogP) is 3.94. The highest BCUT2D eigenvalue weighted by Gasteiger charge is 2.30. The highest BCUT2D eigenvalue weighted by molar-refractivity contribution is 7.89. The maximum absolute atomic E-state index is 12.9. The molecule has 0 aliphatic carbocycles. The van der Waals surface area contributed by atoms with E-state index in [-0.39, 0.29) is 14.9 Å². The van der Waals surface area contributed by atoms with Crippen LogP contribution < -0.4 is 0 Å². The molecule has 1 aliphatic heterocycles. The number of aromatic amines is 1. The number of sulfonamides is 1. The fourth-order valence-corrected chi connectivity index (χ4v) is 6.13. The monoisotopic (exact) mass is 489 g/mol. The topological polar surface area (TPSA) is 74.2 Å². The molecule has 1 N–H and O–H groups in total. The lowest BCUT2D eigenvalue weighted by Gasteiger charge is -2.34. The molecule has 2 aromatic heterocycles. The summed E-state index contributed by atoms with van der Waals surface area (Å²) in [7, 11) is -3.70. The Morgan fingerprint density at radius 3 is 2.59 bits per heavy atom. The molecule has 0 unspecified atom stereocenters. The predicted molar refractivity (Wildman–Crippen MR) is 118 cm³/mol. The standard InChI is InChI=1S/C17H17Cl2N5O2S3/c18-12-3-1-5-14(15(12)19)29(25,26)23-8-6-22(7-9-23)11-24-17(27)20-16(21-24)13-4-2-10-28-13/h1-5,10H,6-9,11H2,(H,20,21,27). The summed E-state index contributed by atoms with van der Waals surface area (Å²) in [5, 5.41) is 5.48. The summed E-state index contributed by atoms with van der Waals surface area (Å²) in [6.45, 7) is 2.34. The molecule has 0 bridgehead atoms. The van der Waals surface area contributed by atoms with E-state index in [2.05, 4.69) is 15.0 Å². The van der Waals surface area contributed by atoms with Crippen LogP contribution in [0.15, 0.2) is 40.6 Å². The largest absolute Gasteiger partial charge is 0.282 e. The summed E-state index contributed by atoms with van der Waals surface area (Å²) in [6, 6.07) is 8.57. The molecular weight excluding hydrogens is 473 g/mol. The Hall–Kier alpha value is -1.27. The second kappa shape index (κ2) is 8.46. The highest BCUT2D eigenvalue weighted by atomic mass is 35.5. The molecule has 0 amide bonds. The minimum atomic E-state index is -3.70. The van der Waals surface area contributed by atoms with E-state index in [0.717, 1.165) is 10.7 Å². The molecule has 1 aliphatic rings. The van der Waals surface area contributed by atoms with Crippen LogP contribution in [0.1, 0.15) is 0 Å². The molecule has 154 valence electrons. The molecule has 4 rings (SSSR count). The van der Waals surface area contributed by atoms with Crippen molar-refractivity contribution in [2.45, 2.75) is 11.6 Å². The second-order valence-electron chi connectivity index (χ2n) is 6.48. The third kappa shape index (κ3) is 4.29. The van der Waals surface area contributed by atoms with Gasteiger partial charge in [0.15, 0.2) is 5.82 Å². The van der Waals surface area contributed by atoms with Gasteiger partial charge in [-0.1, -0.05) is 35.3 Å².